The van der Waals surface area contributed by atoms with Crippen molar-refractivity contribution in [1.29, 1.82) is 0 Å². The molecule has 0 aliphatic carbocycles. The summed E-state index contributed by atoms with van der Waals surface area (Å²) in [6.07, 6.45) is 1.72. The van der Waals surface area contributed by atoms with E-state index in [1.807, 2.05) is 6.07 Å². The summed E-state index contributed by atoms with van der Waals surface area (Å²) < 4.78 is 1.65. The molecule has 6 heteroatoms. The van der Waals surface area contributed by atoms with Crippen LogP contribution in [0.5, 0.6) is 0 Å². The number of carboxylic acids is 1. The van der Waals surface area contributed by atoms with Gasteiger partial charge in [0.05, 0.1) is 11.1 Å². The number of hydrogen-bond donors (Lipinski definition) is 1. The standard InChI is InChI=1S/C14H8Cl2N2O2/c15-9-4-1-3-8(7-9)13-17-12(16)11-10(14(19)20)5-2-6-18(11)13/h1-7H,(H,19,20). The Kier molecular flexibility index (Phi) is 3.12. The molecule has 0 bridgehead atoms. The Morgan fingerprint density at radius 1 is 1.20 bits per heavy atom. The Morgan fingerprint density at radius 2 is 2.00 bits per heavy atom. The molecule has 2 heterocycles. The van der Waals surface area contributed by atoms with Crippen LogP contribution in [0.15, 0.2) is 42.6 Å². The van der Waals surface area contributed by atoms with E-state index < -0.39 is 5.97 Å². The van der Waals surface area contributed by atoms with Crippen LogP contribution in [0.2, 0.25) is 10.2 Å². The van der Waals surface area contributed by atoms with Gasteiger partial charge in [0.25, 0.3) is 0 Å². The maximum atomic E-state index is 11.2. The first-order valence-corrected chi connectivity index (χ1v) is 6.49. The van der Waals surface area contributed by atoms with Crippen LogP contribution in [0.3, 0.4) is 0 Å². The third kappa shape index (κ3) is 2.03. The van der Waals surface area contributed by atoms with Crippen molar-refractivity contribution in [2.75, 3.05) is 0 Å². The summed E-state index contributed by atoms with van der Waals surface area (Å²) in [5.41, 5.74) is 1.25. The van der Waals surface area contributed by atoms with E-state index in [4.69, 9.17) is 23.2 Å². The number of pyridine rings is 1. The van der Waals surface area contributed by atoms with Crippen LogP contribution in [0.25, 0.3) is 16.9 Å². The first-order chi connectivity index (χ1) is 9.58. The number of rotatable bonds is 2. The predicted octanol–water partition coefficient (Wildman–Crippen LogP) is 4.01. The third-order valence-electron chi connectivity index (χ3n) is 2.93. The highest BCUT2D eigenvalue weighted by atomic mass is 35.5. The number of fused-ring (bicyclic) bond motifs is 1. The van der Waals surface area contributed by atoms with Crippen molar-refractivity contribution in [3.05, 3.63) is 58.3 Å². The van der Waals surface area contributed by atoms with Gasteiger partial charge in [0.1, 0.15) is 5.82 Å². The zero-order valence-electron chi connectivity index (χ0n) is 10.0. The highest BCUT2D eigenvalue weighted by Gasteiger charge is 2.17. The van der Waals surface area contributed by atoms with Crippen LogP contribution in [0.1, 0.15) is 10.4 Å². The summed E-state index contributed by atoms with van der Waals surface area (Å²) in [7, 11) is 0. The van der Waals surface area contributed by atoms with Gasteiger partial charge >= 0.3 is 5.97 Å². The second-order valence-corrected chi connectivity index (χ2v) is 4.98. The maximum Gasteiger partial charge on any atom is 0.337 e. The molecule has 0 amide bonds. The molecule has 0 saturated carbocycles. The summed E-state index contributed by atoms with van der Waals surface area (Å²) in [5, 5.41) is 9.94. The monoisotopic (exact) mass is 306 g/mol. The molecule has 3 rings (SSSR count). The molecular formula is C14H8Cl2N2O2. The minimum Gasteiger partial charge on any atom is -0.478 e. The number of halogens is 2. The van der Waals surface area contributed by atoms with E-state index in [1.54, 1.807) is 34.9 Å². The van der Waals surface area contributed by atoms with E-state index in [1.165, 1.54) is 6.07 Å². The van der Waals surface area contributed by atoms with Gasteiger partial charge in [-0.15, -0.1) is 0 Å². The van der Waals surface area contributed by atoms with Gasteiger partial charge in [0, 0.05) is 16.8 Å². The molecule has 20 heavy (non-hydrogen) atoms. The van der Waals surface area contributed by atoms with Crippen molar-refractivity contribution < 1.29 is 9.90 Å². The fraction of sp³-hybridized carbons (Fsp3) is 0. The molecule has 0 aliphatic heterocycles. The van der Waals surface area contributed by atoms with Gasteiger partial charge in [-0.1, -0.05) is 35.3 Å². The zero-order chi connectivity index (χ0) is 14.3. The first kappa shape index (κ1) is 13.0. The van der Waals surface area contributed by atoms with Gasteiger partial charge in [-0.05, 0) is 24.3 Å². The van der Waals surface area contributed by atoms with E-state index in [2.05, 4.69) is 4.98 Å². The van der Waals surface area contributed by atoms with Crippen molar-refractivity contribution >= 4 is 34.7 Å². The van der Waals surface area contributed by atoms with Gasteiger partial charge in [0.15, 0.2) is 5.15 Å². The van der Waals surface area contributed by atoms with Crippen LogP contribution >= 0.6 is 23.2 Å². The largest absolute Gasteiger partial charge is 0.478 e. The number of aromatic carboxylic acids is 1. The van der Waals surface area contributed by atoms with Gasteiger partial charge in [0.2, 0.25) is 0 Å². The normalized spacial score (nSPS) is 10.9. The van der Waals surface area contributed by atoms with Crippen molar-refractivity contribution in [1.82, 2.24) is 9.38 Å². The summed E-state index contributed by atoms with van der Waals surface area (Å²) in [5.74, 6) is -0.495. The Bertz CT molecular complexity index is 827. The molecule has 2 aromatic heterocycles. The van der Waals surface area contributed by atoms with E-state index in [-0.39, 0.29) is 10.7 Å². The lowest BCUT2D eigenvalue weighted by atomic mass is 10.2. The van der Waals surface area contributed by atoms with Crippen LogP contribution in [-0.2, 0) is 0 Å². The number of carboxylic acid groups (broad SMARTS) is 1. The second-order valence-electron chi connectivity index (χ2n) is 4.18. The molecule has 0 atom stereocenters. The fourth-order valence-corrected chi connectivity index (χ4v) is 2.56. The third-order valence-corrected chi connectivity index (χ3v) is 3.43. The quantitative estimate of drug-likeness (QED) is 0.778. The van der Waals surface area contributed by atoms with E-state index in [9.17, 15) is 9.90 Å². The molecule has 0 fully saturated rings. The minimum absolute atomic E-state index is 0.110. The molecule has 3 aromatic rings. The van der Waals surface area contributed by atoms with Crippen molar-refractivity contribution in [3.8, 4) is 11.4 Å². The average Bonchev–Trinajstić information content (AvgIpc) is 2.76. The summed E-state index contributed by atoms with van der Waals surface area (Å²) in [4.78, 5) is 15.5. The molecular weight excluding hydrogens is 299 g/mol. The number of aromatic nitrogens is 2. The number of nitrogens with zero attached hydrogens (tertiary/aromatic N) is 2. The summed E-state index contributed by atoms with van der Waals surface area (Å²) >= 11 is 12.1. The molecule has 0 unspecified atom stereocenters. The Hall–Kier alpha value is -2.04. The topological polar surface area (TPSA) is 54.6 Å². The summed E-state index contributed by atoms with van der Waals surface area (Å²) in [6, 6.07) is 10.3. The minimum atomic E-state index is -1.05. The van der Waals surface area contributed by atoms with Crippen molar-refractivity contribution in [2.45, 2.75) is 0 Å². The van der Waals surface area contributed by atoms with Crippen molar-refractivity contribution in [2.24, 2.45) is 0 Å². The van der Waals surface area contributed by atoms with Gasteiger partial charge in [-0.3, -0.25) is 4.40 Å². The van der Waals surface area contributed by atoms with Gasteiger partial charge in [-0.25, -0.2) is 9.78 Å². The fourth-order valence-electron chi connectivity index (χ4n) is 2.10. The summed E-state index contributed by atoms with van der Waals surface area (Å²) in [6.45, 7) is 0. The highest BCUT2D eigenvalue weighted by molar-refractivity contribution is 6.34. The molecule has 0 radical (unpaired) electrons. The average molecular weight is 307 g/mol. The van der Waals surface area contributed by atoms with Crippen molar-refractivity contribution in [3.63, 3.8) is 0 Å². The zero-order valence-corrected chi connectivity index (χ0v) is 11.6. The lowest BCUT2D eigenvalue weighted by molar-refractivity contribution is 0.0698. The van der Waals surface area contributed by atoms with Gasteiger partial charge < -0.3 is 5.11 Å². The smallest absolute Gasteiger partial charge is 0.337 e. The first-order valence-electron chi connectivity index (χ1n) is 5.74. The maximum absolute atomic E-state index is 11.2. The number of carbonyl (C=O) groups is 1. The Morgan fingerprint density at radius 3 is 2.70 bits per heavy atom. The van der Waals surface area contributed by atoms with Crippen LogP contribution < -0.4 is 0 Å². The Labute approximate surface area is 124 Å². The molecule has 0 aliphatic rings. The predicted molar refractivity (Wildman–Crippen MR) is 77.6 cm³/mol. The molecule has 4 nitrogen and oxygen atoms in total. The van der Waals surface area contributed by atoms with Crippen LogP contribution in [0.4, 0.5) is 0 Å². The number of imidazole rings is 1. The number of benzene rings is 1. The molecule has 0 spiro atoms. The molecule has 100 valence electrons. The van der Waals surface area contributed by atoms with Crippen LogP contribution in [-0.4, -0.2) is 20.5 Å². The SMILES string of the molecule is O=C(O)c1cccn2c(-c3cccc(Cl)c3)nc(Cl)c12. The molecule has 1 aromatic carbocycles. The van der Waals surface area contributed by atoms with E-state index >= 15 is 0 Å². The van der Waals surface area contributed by atoms with E-state index in [0.29, 0.717) is 16.4 Å². The van der Waals surface area contributed by atoms with Gasteiger partial charge in [-0.2, -0.15) is 0 Å². The van der Waals surface area contributed by atoms with E-state index in [0.717, 1.165) is 5.56 Å². The highest BCUT2D eigenvalue weighted by Crippen LogP contribution is 2.29. The number of hydrogen-bond acceptors (Lipinski definition) is 2. The lowest BCUT2D eigenvalue weighted by Gasteiger charge is -2.03. The lowest BCUT2D eigenvalue weighted by Crippen LogP contribution is -2.00. The second kappa shape index (κ2) is 4.81. The molecule has 1 N–H and O–H groups in total. The molecule has 0 saturated heterocycles. The Balaban J connectivity index is 2.34. The van der Waals surface area contributed by atoms with Crippen LogP contribution in [0, 0.1) is 0 Å².